The Kier molecular flexibility index (Phi) is 7.11. The Balaban J connectivity index is 1.44. The Labute approximate surface area is 208 Å². The van der Waals surface area contributed by atoms with Crippen molar-refractivity contribution in [1.29, 1.82) is 0 Å². The second-order valence-corrected chi connectivity index (χ2v) is 10.2. The SMILES string of the molecule is CCOc1ccc(/C=C2\S/C(=N/c3nc(-c4ccccc4)cs3)N(C3CCCCC3)C2=O)cc1. The molecule has 34 heavy (non-hydrogen) atoms. The average Bonchev–Trinajstić information content (AvgIpc) is 3.46. The molecule has 1 aliphatic heterocycles. The molecule has 0 bridgehead atoms. The molecule has 0 N–H and O–H groups in total. The van der Waals surface area contributed by atoms with Crippen molar-refractivity contribution in [3.05, 3.63) is 70.4 Å². The van der Waals surface area contributed by atoms with Gasteiger partial charge in [-0.05, 0) is 55.3 Å². The van der Waals surface area contributed by atoms with Gasteiger partial charge in [-0.3, -0.25) is 9.69 Å². The van der Waals surface area contributed by atoms with E-state index in [1.54, 1.807) is 0 Å². The highest BCUT2D eigenvalue weighted by Crippen LogP contribution is 2.39. The molecule has 2 fully saturated rings. The molecule has 2 heterocycles. The minimum Gasteiger partial charge on any atom is -0.494 e. The van der Waals surface area contributed by atoms with E-state index in [1.165, 1.54) is 29.5 Å². The molecule has 1 saturated heterocycles. The van der Waals surface area contributed by atoms with E-state index in [0.717, 1.165) is 53.4 Å². The van der Waals surface area contributed by atoms with Crippen molar-refractivity contribution in [2.45, 2.75) is 45.1 Å². The molecule has 5 nitrogen and oxygen atoms in total. The van der Waals surface area contributed by atoms with Crippen LogP contribution in [-0.2, 0) is 4.79 Å². The predicted molar refractivity (Wildman–Crippen MR) is 142 cm³/mol. The number of carbonyl (C=O) groups is 1. The van der Waals surface area contributed by atoms with E-state index >= 15 is 0 Å². The van der Waals surface area contributed by atoms with E-state index in [-0.39, 0.29) is 11.9 Å². The largest absolute Gasteiger partial charge is 0.494 e. The van der Waals surface area contributed by atoms with Gasteiger partial charge in [0.05, 0.1) is 17.2 Å². The van der Waals surface area contributed by atoms with E-state index in [4.69, 9.17) is 14.7 Å². The van der Waals surface area contributed by atoms with Gasteiger partial charge < -0.3 is 4.74 Å². The molecule has 0 spiro atoms. The molecule has 0 atom stereocenters. The van der Waals surface area contributed by atoms with Gasteiger partial charge in [0.25, 0.3) is 5.91 Å². The molecular formula is C27H27N3O2S2. The molecule has 5 rings (SSSR count). The molecule has 2 aliphatic rings. The van der Waals surface area contributed by atoms with Crippen LogP contribution in [0.15, 0.2) is 69.9 Å². The summed E-state index contributed by atoms with van der Waals surface area (Å²) < 4.78 is 5.54. The van der Waals surface area contributed by atoms with Crippen molar-refractivity contribution in [3.8, 4) is 17.0 Å². The first-order chi connectivity index (χ1) is 16.7. The van der Waals surface area contributed by atoms with Crippen LogP contribution in [0.25, 0.3) is 17.3 Å². The lowest BCUT2D eigenvalue weighted by Gasteiger charge is -2.30. The van der Waals surface area contributed by atoms with Gasteiger partial charge in [-0.2, -0.15) is 4.99 Å². The van der Waals surface area contributed by atoms with Crippen LogP contribution in [0.3, 0.4) is 0 Å². The van der Waals surface area contributed by atoms with Gasteiger partial charge in [0.2, 0.25) is 5.13 Å². The van der Waals surface area contributed by atoms with Crippen molar-refractivity contribution < 1.29 is 9.53 Å². The molecule has 1 aromatic heterocycles. The number of hydrogen-bond acceptors (Lipinski definition) is 6. The maximum atomic E-state index is 13.5. The summed E-state index contributed by atoms with van der Waals surface area (Å²) in [6.45, 7) is 2.60. The zero-order chi connectivity index (χ0) is 23.3. The van der Waals surface area contributed by atoms with Crippen molar-refractivity contribution in [2.24, 2.45) is 4.99 Å². The van der Waals surface area contributed by atoms with E-state index in [2.05, 4.69) is 0 Å². The molecule has 0 unspecified atom stereocenters. The highest BCUT2D eigenvalue weighted by Gasteiger charge is 2.38. The summed E-state index contributed by atoms with van der Waals surface area (Å²) in [4.78, 5) is 25.8. The quantitative estimate of drug-likeness (QED) is 0.345. The summed E-state index contributed by atoms with van der Waals surface area (Å²) in [5.41, 5.74) is 2.96. The number of hydrogen-bond donors (Lipinski definition) is 0. The Morgan fingerprint density at radius 2 is 1.85 bits per heavy atom. The van der Waals surface area contributed by atoms with Gasteiger partial charge in [0, 0.05) is 17.0 Å². The van der Waals surface area contributed by atoms with E-state index in [0.29, 0.717) is 16.6 Å². The number of thioether (sulfide) groups is 1. The molecule has 3 aromatic rings. The Bertz CT molecular complexity index is 1200. The summed E-state index contributed by atoms with van der Waals surface area (Å²) in [5.74, 6) is 0.878. The third-order valence-electron chi connectivity index (χ3n) is 6.02. The zero-order valence-electron chi connectivity index (χ0n) is 19.1. The van der Waals surface area contributed by atoms with Crippen molar-refractivity contribution >= 4 is 45.4 Å². The summed E-state index contributed by atoms with van der Waals surface area (Å²) in [6, 6.07) is 18.2. The lowest BCUT2D eigenvalue weighted by molar-refractivity contribution is -0.124. The van der Waals surface area contributed by atoms with Gasteiger partial charge in [0.15, 0.2) is 5.17 Å². The van der Waals surface area contributed by atoms with Crippen LogP contribution in [-0.4, -0.2) is 33.6 Å². The topological polar surface area (TPSA) is 54.8 Å². The first-order valence-corrected chi connectivity index (χ1v) is 13.5. The highest BCUT2D eigenvalue weighted by atomic mass is 32.2. The molecule has 1 saturated carbocycles. The number of thiazole rings is 1. The third-order valence-corrected chi connectivity index (χ3v) is 7.74. The van der Waals surface area contributed by atoms with Crippen LogP contribution < -0.4 is 4.74 Å². The van der Waals surface area contributed by atoms with Crippen molar-refractivity contribution in [3.63, 3.8) is 0 Å². The van der Waals surface area contributed by atoms with Crippen LogP contribution in [0.2, 0.25) is 0 Å². The maximum Gasteiger partial charge on any atom is 0.267 e. The van der Waals surface area contributed by atoms with Gasteiger partial charge in [-0.1, -0.05) is 61.7 Å². The summed E-state index contributed by atoms with van der Waals surface area (Å²) >= 11 is 2.96. The minimum absolute atomic E-state index is 0.0457. The summed E-state index contributed by atoms with van der Waals surface area (Å²) in [6.07, 6.45) is 7.54. The molecular weight excluding hydrogens is 462 g/mol. The number of carbonyl (C=O) groups excluding carboxylic acids is 1. The van der Waals surface area contributed by atoms with Crippen LogP contribution in [0.5, 0.6) is 5.75 Å². The number of aliphatic imine (C=N–C) groups is 1. The fourth-order valence-corrected chi connectivity index (χ4v) is 6.14. The molecule has 1 amide bonds. The van der Waals surface area contributed by atoms with Crippen LogP contribution in [0.1, 0.15) is 44.6 Å². The van der Waals surface area contributed by atoms with Crippen LogP contribution in [0.4, 0.5) is 5.13 Å². The normalized spacial score (nSPS) is 19.3. The number of ether oxygens (including phenoxy) is 1. The molecule has 0 radical (unpaired) electrons. The van der Waals surface area contributed by atoms with Gasteiger partial charge in [-0.25, -0.2) is 4.98 Å². The van der Waals surface area contributed by atoms with Crippen molar-refractivity contribution in [1.82, 2.24) is 9.88 Å². The van der Waals surface area contributed by atoms with E-state index in [1.807, 2.05) is 77.9 Å². The van der Waals surface area contributed by atoms with Gasteiger partial charge >= 0.3 is 0 Å². The average molecular weight is 490 g/mol. The second-order valence-electron chi connectivity index (χ2n) is 8.36. The molecule has 1 aliphatic carbocycles. The minimum atomic E-state index is 0.0457. The fraction of sp³-hybridized carbons (Fsp3) is 0.296. The number of amides is 1. The third kappa shape index (κ3) is 5.10. The molecule has 7 heteroatoms. The number of aromatic nitrogens is 1. The number of rotatable bonds is 6. The second kappa shape index (κ2) is 10.6. The highest BCUT2D eigenvalue weighted by molar-refractivity contribution is 8.18. The predicted octanol–water partition coefficient (Wildman–Crippen LogP) is 7.15. The standard InChI is InChI=1S/C27H27N3O2S2/c1-2-32-22-15-13-19(14-16-22)17-24-25(31)30(21-11-7-4-8-12-21)27(34-24)29-26-28-23(18-33-26)20-9-5-3-6-10-20/h3,5-6,9-10,13-18,21H,2,4,7-8,11-12H2,1H3/b24-17-,29-27+. The summed E-state index contributed by atoms with van der Waals surface area (Å²) in [7, 11) is 0. The van der Waals surface area contributed by atoms with Gasteiger partial charge in [-0.15, -0.1) is 11.3 Å². The zero-order valence-corrected chi connectivity index (χ0v) is 20.8. The number of nitrogens with zero attached hydrogens (tertiary/aromatic N) is 3. The Hall–Kier alpha value is -2.90. The van der Waals surface area contributed by atoms with Gasteiger partial charge in [0.1, 0.15) is 5.75 Å². The molecule has 174 valence electrons. The number of benzene rings is 2. The smallest absolute Gasteiger partial charge is 0.267 e. The first kappa shape index (κ1) is 22.9. The monoisotopic (exact) mass is 489 g/mol. The van der Waals surface area contributed by atoms with E-state index < -0.39 is 0 Å². The fourth-order valence-electron chi connectivity index (χ4n) is 4.34. The van der Waals surface area contributed by atoms with E-state index in [9.17, 15) is 4.79 Å². The maximum absolute atomic E-state index is 13.5. The summed E-state index contributed by atoms with van der Waals surface area (Å²) in [5, 5.41) is 3.44. The number of amidine groups is 1. The lowest BCUT2D eigenvalue weighted by Crippen LogP contribution is -2.40. The first-order valence-electron chi connectivity index (χ1n) is 11.8. The Morgan fingerprint density at radius 3 is 2.59 bits per heavy atom. The van der Waals surface area contributed by atoms with Crippen molar-refractivity contribution in [2.75, 3.05) is 6.61 Å². The lowest BCUT2D eigenvalue weighted by atomic mass is 9.94. The van der Waals surface area contributed by atoms with Crippen LogP contribution >= 0.6 is 23.1 Å². The molecule has 2 aromatic carbocycles. The Morgan fingerprint density at radius 1 is 1.09 bits per heavy atom. The van der Waals surface area contributed by atoms with Crippen LogP contribution in [0, 0.1) is 0 Å².